The van der Waals surface area contributed by atoms with Crippen molar-refractivity contribution in [1.82, 2.24) is 19.7 Å². The van der Waals surface area contributed by atoms with Crippen molar-refractivity contribution in [3.05, 3.63) is 12.2 Å². The van der Waals surface area contributed by atoms with E-state index in [4.69, 9.17) is 4.74 Å². The molecule has 1 aliphatic heterocycles. The quantitative estimate of drug-likeness (QED) is 0.903. The Labute approximate surface area is 128 Å². The lowest BCUT2D eigenvalue weighted by Gasteiger charge is -2.32. The van der Waals surface area contributed by atoms with E-state index in [0.717, 1.165) is 12.8 Å². The molecular formula is C14H20N4O4. The Hall–Kier alpha value is -2.12. The van der Waals surface area contributed by atoms with Gasteiger partial charge in [-0.3, -0.25) is 4.90 Å². The number of aliphatic carboxylic acids is 1. The average Bonchev–Trinajstić information content (AvgIpc) is 2.99. The maximum Gasteiger partial charge on any atom is 0.410 e. The van der Waals surface area contributed by atoms with E-state index in [1.807, 2.05) is 0 Å². The van der Waals surface area contributed by atoms with E-state index in [2.05, 4.69) is 10.2 Å². The molecule has 1 saturated carbocycles. The molecule has 3 rings (SSSR count). The van der Waals surface area contributed by atoms with E-state index < -0.39 is 18.1 Å². The Balaban J connectivity index is 1.63. The predicted molar refractivity (Wildman–Crippen MR) is 74.9 cm³/mol. The minimum atomic E-state index is -1.05. The zero-order chi connectivity index (χ0) is 15.5. The van der Waals surface area contributed by atoms with E-state index in [1.165, 1.54) is 30.5 Å². The number of fused-ring (bicyclic) bond motifs is 1. The maximum atomic E-state index is 12.3. The molecule has 1 amide bonds. The summed E-state index contributed by atoms with van der Waals surface area (Å²) in [6.45, 7) is 0.630. The zero-order valence-corrected chi connectivity index (χ0v) is 12.3. The summed E-state index contributed by atoms with van der Waals surface area (Å²) in [5.74, 6) is -0.0736. The number of nitrogens with zero attached hydrogens (tertiary/aromatic N) is 4. The fourth-order valence-electron chi connectivity index (χ4n) is 3.13. The predicted octanol–water partition coefficient (Wildman–Crippen LogP) is 1.26. The molecular weight excluding hydrogens is 288 g/mol. The van der Waals surface area contributed by atoms with Crippen molar-refractivity contribution in [2.75, 3.05) is 6.61 Å². The van der Waals surface area contributed by atoms with Gasteiger partial charge in [-0.05, 0) is 18.8 Å². The van der Waals surface area contributed by atoms with Gasteiger partial charge in [0.25, 0.3) is 0 Å². The van der Waals surface area contributed by atoms with Crippen molar-refractivity contribution in [3.63, 3.8) is 0 Å². The SMILES string of the molecule is O=C(O)C1Cn2cnnc2CN1C(=O)OCC1CCCCC1. The fraction of sp³-hybridized carbons (Fsp3) is 0.714. The lowest BCUT2D eigenvalue weighted by Crippen LogP contribution is -2.50. The highest BCUT2D eigenvalue weighted by Crippen LogP contribution is 2.24. The highest BCUT2D eigenvalue weighted by atomic mass is 16.6. The fourth-order valence-corrected chi connectivity index (χ4v) is 3.13. The van der Waals surface area contributed by atoms with Crippen LogP contribution in [0, 0.1) is 5.92 Å². The Morgan fingerprint density at radius 1 is 1.32 bits per heavy atom. The zero-order valence-electron chi connectivity index (χ0n) is 12.3. The van der Waals surface area contributed by atoms with Gasteiger partial charge in [0.1, 0.15) is 6.33 Å². The maximum absolute atomic E-state index is 12.3. The Morgan fingerprint density at radius 3 is 2.82 bits per heavy atom. The van der Waals surface area contributed by atoms with Gasteiger partial charge >= 0.3 is 12.1 Å². The first kappa shape index (κ1) is 14.8. The number of hydrogen-bond acceptors (Lipinski definition) is 5. The number of amides is 1. The number of aromatic nitrogens is 3. The molecule has 0 saturated heterocycles. The first-order valence-electron chi connectivity index (χ1n) is 7.68. The van der Waals surface area contributed by atoms with Crippen molar-refractivity contribution < 1.29 is 19.4 Å². The molecule has 1 unspecified atom stereocenters. The standard InChI is InChI=1S/C14H20N4O4/c19-13(20)11-6-17-9-15-16-12(17)7-18(11)14(21)22-8-10-4-2-1-3-5-10/h9-11H,1-8H2,(H,19,20). The monoisotopic (exact) mass is 308 g/mol. The molecule has 22 heavy (non-hydrogen) atoms. The third-order valence-electron chi connectivity index (χ3n) is 4.44. The summed E-state index contributed by atoms with van der Waals surface area (Å²) in [4.78, 5) is 24.9. The largest absolute Gasteiger partial charge is 0.480 e. The number of carboxylic acid groups (broad SMARTS) is 1. The first-order valence-corrected chi connectivity index (χ1v) is 7.68. The second-order valence-corrected chi connectivity index (χ2v) is 5.96. The highest BCUT2D eigenvalue weighted by molar-refractivity contribution is 5.80. The second-order valence-electron chi connectivity index (χ2n) is 5.96. The van der Waals surface area contributed by atoms with Crippen LogP contribution in [0.1, 0.15) is 37.9 Å². The summed E-state index contributed by atoms with van der Waals surface area (Å²) in [6.07, 6.45) is 6.64. The van der Waals surface area contributed by atoms with Crippen molar-refractivity contribution in [2.45, 2.75) is 51.2 Å². The van der Waals surface area contributed by atoms with Gasteiger partial charge in [-0.2, -0.15) is 0 Å². The average molecular weight is 308 g/mol. The summed E-state index contributed by atoms with van der Waals surface area (Å²) in [6, 6.07) is -0.942. The minimum absolute atomic E-state index is 0.112. The molecule has 0 aromatic carbocycles. The molecule has 2 heterocycles. The summed E-state index contributed by atoms with van der Waals surface area (Å²) >= 11 is 0. The second kappa shape index (κ2) is 6.33. The van der Waals surface area contributed by atoms with Gasteiger partial charge in [-0.25, -0.2) is 9.59 Å². The number of hydrogen-bond donors (Lipinski definition) is 1. The van der Waals surface area contributed by atoms with Gasteiger partial charge in [0.15, 0.2) is 11.9 Å². The number of carboxylic acids is 1. The van der Waals surface area contributed by atoms with E-state index in [0.29, 0.717) is 18.3 Å². The van der Waals surface area contributed by atoms with Crippen LogP contribution in [0.3, 0.4) is 0 Å². The minimum Gasteiger partial charge on any atom is -0.480 e. The van der Waals surface area contributed by atoms with E-state index in [1.54, 1.807) is 4.57 Å². The van der Waals surface area contributed by atoms with E-state index in [-0.39, 0.29) is 13.1 Å². The normalized spacial score (nSPS) is 22.2. The molecule has 0 radical (unpaired) electrons. The van der Waals surface area contributed by atoms with Crippen LogP contribution in [-0.4, -0.2) is 49.5 Å². The van der Waals surface area contributed by atoms with Gasteiger partial charge in [0.2, 0.25) is 0 Å². The number of carbonyl (C=O) groups is 2. The van der Waals surface area contributed by atoms with E-state index >= 15 is 0 Å². The van der Waals surface area contributed by atoms with Gasteiger partial charge in [-0.1, -0.05) is 19.3 Å². The molecule has 1 aromatic rings. The molecule has 0 spiro atoms. The van der Waals surface area contributed by atoms with E-state index in [9.17, 15) is 14.7 Å². The summed E-state index contributed by atoms with van der Waals surface area (Å²) in [5, 5.41) is 17.0. The van der Waals surface area contributed by atoms with Crippen molar-refractivity contribution in [1.29, 1.82) is 0 Å². The van der Waals surface area contributed by atoms with Crippen LogP contribution in [0.5, 0.6) is 0 Å². The first-order chi connectivity index (χ1) is 10.6. The van der Waals surface area contributed by atoms with Crippen LogP contribution in [0.15, 0.2) is 6.33 Å². The van der Waals surface area contributed by atoms with Crippen LogP contribution < -0.4 is 0 Å². The van der Waals surface area contributed by atoms with Crippen molar-refractivity contribution in [3.8, 4) is 0 Å². The lowest BCUT2D eigenvalue weighted by atomic mass is 9.90. The Bertz CT molecular complexity index is 553. The van der Waals surface area contributed by atoms with Crippen molar-refractivity contribution in [2.24, 2.45) is 5.92 Å². The number of rotatable bonds is 3. The van der Waals surface area contributed by atoms with Gasteiger partial charge in [-0.15, -0.1) is 10.2 Å². The van der Waals surface area contributed by atoms with Crippen LogP contribution >= 0.6 is 0 Å². The van der Waals surface area contributed by atoms with Gasteiger partial charge in [0, 0.05) is 0 Å². The number of carbonyl (C=O) groups excluding carboxylic acids is 1. The third kappa shape index (κ3) is 3.05. The molecule has 8 nitrogen and oxygen atoms in total. The molecule has 1 N–H and O–H groups in total. The Morgan fingerprint density at radius 2 is 2.09 bits per heavy atom. The summed E-state index contributed by atoms with van der Waals surface area (Å²) < 4.78 is 7.02. The van der Waals surface area contributed by atoms with Gasteiger partial charge < -0.3 is 14.4 Å². The van der Waals surface area contributed by atoms with Crippen molar-refractivity contribution >= 4 is 12.1 Å². The molecule has 8 heteroatoms. The molecule has 1 atom stereocenters. The van der Waals surface area contributed by atoms with Crippen LogP contribution in [-0.2, 0) is 22.6 Å². The smallest absolute Gasteiger partial charge is 0.410 e. The molecule has 1 aromatic heterocycles. The topological polar surface area (TPSA) is 97.5 Å². The van der Waals surface area contributed by atoms with Crippen LogP contribution in [0.25, 0.3) is 0 Å². The summed E-state index contributed by atoms with van der Waals surface area (Å²) in [5.41, 5.74) is 0. The molecule has 120 valence electrons. The van der Waals surface area contributed by atoms with Crippen LogP contribution in [0.4, 0.5) is 4.79 Å². The third-order valence-corrected chi connectivity index (χ3v) is 4.44. The van der Waals surface area contributed by atoms with Crippen LogP contribution in [0.2, 0.25) is 0 Å². The van der Waals surface area contributed by atoms with Gasteiger partial charge in [0.05, 0.1) is 19.7 Å². The molecule has 0 bridgehead atoms. The molecule has 2 aliphatic rings. The lowest BCUT2D eigenvalue weighted by molar-refractivity contribution is -0.144. The number of ether oxygens (including phenoxy) is 1. The highest BCUT2D eigenvalue weighted by Gasteiger charge is 2.36. The Kier molecular flexibility index (Phi) is 4.26. The molecule has 1 fully saturated rings. The summed E-state index contributed by atoms with van der Waals surface area (Å²) in [7, 11) is 0. The molecule has 1 aliphatic carbocycles.